The number of rotatable bonds is 6. The van der Waals surface area contributed by atoms with Gasteiger partial charge < -0.3 is 9.78 Å². The van der Waals surface area contributed by atoms with Crippen molar-refractivity contribution in [3.63, 3.8) is 0 Å². The Bertz CT molecular complexity index is 1150. The van der Waals surface area contributed by atoms with Gasteiger partial charge in [-0.05, 0) is 43.6 Å². The van der Waals surface area contributed by atoms with Gasteiger partial charge >= 0.3 is 0 Å². The molecule has 8 heteroatoms. The summed E-state index contributed by atoms with van der Waals surface area (Å²) in [5, 5.41) is 8.95. The number of carbonyl (C=O) groups is 2. The molecule has 30 heavy (non-hydrogen) atoms. The molecule has 0 spiro atoms. The number of fused-ring (bicyclic) bond motifs is 3. The van der Waals surface area contributed by atoms with Crippen molar-refractivity contribution in [3.8, 4) is 0 Å². The van der Waals surface area contributed by atoms with Gasteiger partial charge in [-0.2, -0.15) is 0 Å². The second-order valence-electron chi connectivity index (χ2n) is 9.27. The van der Waals surface area contributed by atoms with Crippen LogP contribution in [-0.2, 0) is 9.59 Å². The van der Waals surface area contributed by atoms with E-state index >= 15 is 0 Å². The minimum atomic E-state index is -0.803. The molecular weight excluding hydrogens is 380 g/mol. The molecule has 1 aliphatic heterocycles. The highest BCUT2D eigenvalue weighted by Crippen LogP contribution is 2.53. The Labute approximate surface area is 174 Å². The van der Waals surface area contributed by atoms with E-state index in [2.05, 4.69) is 36.4 Å². The average Bonchev–Trinajstić information content (AvgIpc) is 3.24. The van der Waals surface area contributed by atoms with Gasteiger partial charge in [0.1, 0.15) is 17.6 Å². The number of aldehydes is 1. The molecule has 3 aliphatic rings. The number of hydrogen-bond acceptors (Lipinski definition) is 6. The van der Waals surface area contributed by atoms with E-state index in [0.29, 0.717) is 17.8 Å². The molecule has 8 nitrogen and oxygen atoms in total. The topological polar surface area (TPSA) is 96.2 Å². The lowest BCUT2D eigenvalue weighted by Gasteiger charge is -2.35. The summed E-state index contributed by atoms with van der Waals surface area (Å²) in [6, 6.07) is 2.02. The SMILES string of the molecule is CC[C@H]1C[C@@H](CC2C(=O)C2(C=O)N2CCC2)C[C@@H]1c1nnc2cnc3[nH]ccc3n12. The van der Waals surface area contributed by atoms with Crippen molar-refractivity contribution in [1.82, 2.24) is 29.5 Å². The monoisotopic (exact) mass is 406 g/mol. The van der Waals surface area contributed by atoms with Crippen LogP contribution < -0.4 is 0 Å². The number of likely N-dealkylation sites (tertiary alicyclic amines) is 1. The smallest absolute Gasteiger partial charge is 0.179 e. The zero-order valence-electron chi connectivity index (χ0n) is 17.1. The Morgan fingerprint density at radius 1 is 1.30 bits per heavy atom. The van der Waals surface area contributed by atoms with Gasteiger partial charge in [0, 0.05) is 25.2 Å². The summed E-state index contributed by atoms with van der Waals surface area (Å²) in [5.41, 5.74) is 1.80. The van der Waals surface area contributed by atoms with Gasteiger partial charge in [0.25, 0.3) is 0 Å². The summed E-state index contributed by atoms with van der Waals surface area (Å²) in [5.74, 6) is 2.27. The molecule has 3 fully saturated rings. The quantitative estimate of drug-likeness (QED) is 0.499. The fourth-order valence-corrected chi connectivity index (χ4v) is 6.10. The highest BCUT2D eigenvalue weighted by atomic mass is 16.2. The van der Waals surface area contributed by atoms with Gasteiger partial charge in [-0.3, -0.25) is 14.1 Å². The normalized spacial score (nSPS) is 34.0. The molecule has 0 radical (unpaired) electrons. The molecule has 6 rings (SSSR count). The number of aromatic nitrogens is 5. The second kappa shape index (κ2) is 6.44. The van der Waals surface area contributed by atoms with E-state index in [0.717, 1.165) is 74.1 Å². The first-order chi connectivity index (χ1) is 14.7. The molecule has 0 aromatic carbocycles. The van der Waals surface area contributed by atoms with Crippen LogP contribution in [-0.4, -0.2) is 60.2 Å². The average molecular weight is 406 g/mol. The standard InChI is InChI=1S/C22H26N6O2/c1-2-14-8-13(10-16-19(30)22(16,12-29)27-6-3-7-27)9-15(14)21-26-25-18-11-24-20-17(28(18)21)4-5-23-20/h4-5,11-16,23H,2-3,6-10H2,1H3/t13-,14+,15+,16?,22?/m1/s1. The van der Waals surface area contributed by atoms with Crippen LogP contribution in [0, 0.1) is 17.8 Å². The van der Waals surface area contributed by atoms with Gasteiger partial charge in [0.05, 0.1) is 17.6 Å². The molecule has 5 atom stereocenters. The first-order valence-electron chi connectivity index (χ1n) is 11.1. The number of hydrogen-bond donors (Lipinski definition) is 1. The van der Waals surface area contributed by atoms with Crippen LogP contribution in [0.1, 0.15) is 50.8 Å². The third-order valence-corrected chi connectivity index (χ3v) is 7.90. The Morgan fingerprint density at radius 3 is 2.90 bits per heavy atom. The van der Waals surface area contributed by atoms with Crippen LogP contribution in [0.4, 0.5) is 0 Å². The molecule has 0 amide bonds. The minimum absolute atomic E-state index is 0.118. The summed E-state index contributed by atoms with van der Waals surface area (Å²) >= 11 is 0. The maximum atomic E-state index is 12.6. The van der Waals surface area contributed by atoms with Gasteiger partial charge in [-0.25, -0.2) is 4.98 Å². The van der Waals surface area contributed by atoms with Crippen LogP contribution in [0.5, 0.6) is 0 Å². The zero-order valence-corrected chi connectivity index (χ0v) is 17.1. The third-order valence-electron chi connectivity index (χ3n) is 7.90. The van der Waals surface area contributed by atoms with E-state index in [9.17, 15) is 9.59 Å². The van der Waals surface area contributed by atoms with E-state index in [1.807, 2.05) is 12.3 Å². The molecule has 156 valence electrons. The first kappa shape index (κ1) is 18.2. The molecule has 3 aromatic heterocycles. The van der Waals surface area contributed by atoms with Crippen LogP contribution in [0.3, 0.4) is 0 Å². The molecule has 0 bridgehead atoms. The second-order valence-corrected chi connectivity index (χ2v) is 9.27. The lowest BCUT2D eigenvalue weighted by atomic mass is 9.93. The highest BCUT2D eigenvalue weighted by molar-refractivity contribution is 6.20. The number of nitrogens with zero attached hydrogens (tertiary/aromatic N) is 5. The number of carbonyl (C=O) groups excluding carboxylic acids is 2. The van der Waals surface area contributed by atoms with Crippen molar-refractivity contribution in [2.45, 2.75) is 50.5 Å². The largest absolute Gasteiger partial charge is 0.345 e. The zero-order chi connectivity index (χ0) is 20.5. The van der Waals surface area contributed by atoms with Crippen LogP contribution in [0.15, 0.2) is 18.5 Å². The first-order valence-corrected chi connectivity index (χ1v) is 11.1. The minimum Gasteiger partial charge on any atom is -0.345 e. The summed E-state index contributed by atoms with van der Waals surface area (Å²) < 4.78 is 2.13. The Kier molecular flexibility index (Phi) is 3.90. The van der Waals surface area contributed by atoms with E-state index < -0.39 is 5.54 Å². The van der Waals surface area contributed by atoms with Gasteiger partial charge in [-0.15, -0.1) is 10.2 Å². The molecule has 2 unspecified atom stereocenters. The number of ketones is 1. The van der Waals surface area contributed by atoms with Crippen molar-refractivity contribution >= 4 is 28.9 Å². The van der Waals surface area contributed by atoms with Crippen LogP contribution >= 0.6 is 0 Å². The van der Waals surface area contributed by atoms with Crippen LogP contribution in [0.2, 0.25) is 0 Å². The van der Waals surface area contributed by atoms with E-state index in [1.165, 1.54) is 0 Å². The van der Waals surface area contributed by atoms with Crippen molar-refractivity contribution in [2.24, 2.45) is 17.8 Å². The number of H-pyrrole nitrogens is 1. The van der Waals surface area contributed by atoms with Crippen molar-refractivity contribution < 1.29 is 9.59 Å². The summed E-state index contributed by atoms with van der Waals surface area (Å²) in [4.78, 5) is 34.1. The van der Waals surface area contributed by atoms with E-state index in [1.54, 1.807) is 6.20 Å². The van der Waals surface area contributed by atoms with Gasteiger partial charge in [0.15, 0.2) is 17.1 Å². The molecule has 4 heterocycles. The summed E-state index contributed by atoms with van der Waals surface area (Å²) in [7, 11) is 0. The summed E-state index contributed by atoms with van der Waals surface area (Å²) in [6.45, 7) is 3.98. The Hall–Kier alpha value is -2.61. The number of Topliss-reactive ketones (excluding diaryl/α,β-unsaturated/α-hetero) is 1. The maximum Gasteiger partial charge on any atom is 0.179 e. The fourth-order valence-electron chi connectivity index (χ4n) is 6.10. The molecule has 2 saturated carbocycles. The predicted octanol–water partition coefficient (Wildman–Crippen LogP) is 2.36. The lowest BCUT2D eigenvalue weighted by molar-refractivity contribution is -0.122. The van der Waals surface area contributed by atoms with Gasteiger partial charge in [0.2, 0.25) is 0 Å². The fraction of sp³-hybridized carbons (Fsp3) is 0.591. The molecule has 2 aliphatic carbocycles. The number of nitrogens with one attached hydrogen (secondary N) is 1. The summed E-state index contributed by atoms with van der Waals surface area (Å²) in [6.07, 6.45) is 9.62. The molecule has 1 saturated heterocycles. The van der Waals surface area contributed by atoms with E-state index in [-0.39, 0.29) is 11.7 Å². The van der Waals surface area contributed by atoms with Crippen molar-refractivity contribution in [2.75, 3.05) is 13.1 Å². The van der Waals surface area contributed by atoms with Crippen molar-refractivity contribution in [3.05, 3.63) is 24.3 Å². The molecule has 3 aromatic rings. The molecular formula is C22H26N6O2. The lowest BCUT2D eigenvalue weighted by Crippen LogP contribution is -2.50. The third kappa shape index (κ3) is 2.34. The number of aromatic amines is 1. The Morgan fingerprint density at radius 2 is 2.17 bits per heavy atom. The highest BCUT2D eigenvalue weighted by Gasteiger charge is 2.69. The maximum absolute atomic E-state index is 12.6. The van der Waals surface area contributed by atoms with Crippen molar-refractivity contribution in [1.29, 1.82) is 0 Å². The van der Waals surface area contributed by atoms with Crippen LogP contribution in [0.25, 0.3) is 16.8 Å². The van der Waals surface area contributed by atoms with E-state index in [4.69, 9.17) is 0 Å². The molecule has 1 N–H and O–H groups in total. The predicted molar refractivity (Wildman–Crippen MR) is 110 cm³/mol. The Balaban J connectivity index is 1.28. The van der Waals surface area contributed by atoms with Gasteiger partial charge in [-0.1, -0.05) is 13.3 Å².